The van der Waals surface area contributed by atoms with Gasteiger partial charge >= 0.3 is 5.97 Å². The van der Waals surface area contributed by atoms with Crippen molar-refractivity contribution in [1.29, 1.82) is 0 Å². The third-order valence-corrected chi connectivity index (χ3v) is 2.81. The Kier molecular flexibility index (Phi) is 2.70. The second-order valence-corrected chi connectivity index (χ2v) is 4.30. The Labute approximate surface area is 86.8 Å². The first kappa shape index (κ1) is 11.5. The first-order valence-electron chi connectivity index (χ1n) is 4.57. The van der Waals surface area contributed by atoms with Crippen LogP contribution >= 0.6 is 0 Å². The summed E-state index contributed by atoms with van der Waals surface area (Å²) in [6.45, 7) is 3.17. The number of rotatable bonds is 4. The summed E-state index contributed by atoms with van der Waals surface area (Å²) in [6, 6.07) is 0. The SMILES string of the molecule is CC1(C)C(C(=O)O)C1C(=O)NCC(N)=O. The molecule has 1 saturated carbocycles. The van der Waals surface area contributed by atoms with E-state index in [1.54, 1.807) is 13.8 Å². The van der Waals surface area contributed by atoms with Crippen LogP contribution in [0.3, 0.4) is 0 Å². The van der Waals surface area contributed by atoms with Crippen LogP contribution in [0, 0.1) is 17.3 Å². The van der Waals surface area contributed by atoms with Gasteiger partial charge in [0, 0.05) is 0 Å². The van der Waals surface area contributed by atoms with Crippen molar-refractivity contribution in [2.75, 3.05) is 6.54 Å². The van der Waals surface area contributed by atoms with Crippen LogP contribution in [0.25, 0.3) is 0 Å². The monoisotopic (exact) mass is 214 g/mol. The van der Waals surface area contributed by atoms with Crippen molar-refractivity contribution in [3.05, 3.63) is 0 Å². The summed E-state index contributed by atoms with van der Waals surface area (Å²) in [5.74, 6) is -3.31. The number of amides is 2. The molecule has 2 unspecified atom stereocenters. The summed E-state index contributed by atoms with van der Waals surface area (Å²) in [5.41, 5.74) is 4.31. The summed E-state index contributed by atoms with van der Waals surface area (Å²) < 4.78 is 0. The van der Waals surface area contributed by atoms with Crippen molar-refractivity contribution < 1.29 is 19.5 Å². The molecular weight excluding hydrogens is 200 g/mol. The van der Waals surface area contributed by atoms with Gasteiger partial charge in [-0.15, -0.1) is 0 Å². The van der Waals surface area contributed by atoms with Crippen molar-refractivity contribution in [2.24, 2.45) is 23.0 Å². The molecule has 0 aromatic carbocycles. The van der Waals surface area contributed by atoms with Crippen molar-refractivity contribution in [1.82, 2.24) is 5.32 Å². The minimum atomic E-state index is -0.987. The fourth-order valence-electron chi connectivity index (χ4n) is 1.87. The molecule has 1 aliphatic carbocycles. The van der Waals surface area contributed by atoms with Gasteiger partial charge in [0.05, 0.1) is 18.4 Å². The molecule has 15 heavy (non-hydrogen) atoms. The van der Waals surface area contributed by atoms with E-state index in [4.69, 9.17) is 10.8 Å². The summed E-state index contributed by atoms with van der Waals surface area (Å²) in [5, 5.41) is 11.1. The smallest absolute Gasteiger partial charge is 0.307 e. The van der Waals surface area contributed by atoms with Crippen LogP contribution < -0.4 is 11.1 Å². The number of carbonyl (C=O) groups excluding carboxylic acids is 2. The van der Waals surface area contributed by atoms with Crippen LogP contribution in [-0.4, -0.2) is 29.4 Å². The molecule has 0 bridgehead atoms. The van der Waals surface area contributed by atoms with Gasteiger partial charge in [0.15, 0.2) is 0 Å². The van der Waals surface area contributed by atoms with E-state index >= 15 is 0 Å². The number of hydrogen-bond donors (Lipinski definition) is 3. The lowest BCUT2D eigenvalue weighted by atomic mass is 10.1. The predicted octanol–water partition coefficient (Wildman–Crippen LogP) is -1.06. The van der Waals surface area contributed by atoms with Gasteiger partial charge < -0.3 is 16.2 Å². The van der Waals surface area contributed by atoms with E-state index in [0.29, 0.717) is 0 Å². The topological polar surface area (TPSA) is 109 Å². The molecule has 84 valence electrons. The van der Waals surface area contributed by atoms with Crippen LogP contribution in [0.5, 0.6) is 0 Å². The number of nitrogens with one attached hydrogen (secondary N) is 1. The minimum absolute atomic E-state index is 0.252. The summed E-state index contributed by atoms with van der Waals surface area (Å²) in [7, 11) is 0. The molecule has 0 spiro atoms. The maximum absolute atomic E-state index is 11.5. The van der Waals surface area contributed by atoms with Crippen LogP contribution in [0.1, 0.15) is 13.8 Å². The van der Waals surface area contributed by atoms with Crippen LogP contribution in [0.2, 0.25) is 0 Å². The Bertz CT molecular complexity index is 324. The first-order valence-corrected chi connectivity index (χ1v) is 4.57. The zero-order chi connectivity index (χ0) is 11.8. The van der Waals surface area contributed by atoms with Crippen molar-refractivity contribution >= 4 is 17.8 Å². The number of nitrogens with two attached hydrogens (primary N) is 1. The number of carbonyl (C=O) groups is 3. The lowest BCUT2D eigenvalue weighted by molar-refractivity contribution is -0.140. The van der Waals surface area contributed by atoms with E-state index in [0.717, 1.165) is 0 Å². The van der Waals surface area contributed by atoms with Gasteiger partial charge in [0.1, 0.15) is 0 Å². The standard InChI is InChI=1S/C9H14N2O4/c1-9(2)5(6(9)8(14)15)7(13)11-3-4(10)12/h5-6H,3H2,1-2H3,(H2,10,12)(H,11,13)(H,14,15). The highest BCUT2D eigenvalue weighted by Crippen LogP contribution is 2.58. The Morgan fingerprint density at radius 2 is 1.87 bits per heavy atom. The maximum Gasteiger partial charge on any atom is 0.307 e. The molecule has 6 nitrogen and oxygen atoms in total. The third kappa shape index (κ3) is 2.08. The molecule has 6 heteroatoms. The second kappa shape index (κ2) is 3.52. The molecule has 0 radical (unpaired) electrons. The predicted molar refractivity (Wildman–Crippen MR) is 50.6 cm³/mol. The van der Waals surface area contributed by atoms with Crippen molar-refractivity contribution in [3.63, 3.8) is 0 Å². The molecule has 1 aliphatic rings. The fourth-order valence-corrected chi connectivity index (χ4v) is 1.87. The van der Waals surface area contributed by atoms with Crippen LogP contribution in [-0.2, 0) is 14.4 Å². The molecule has 2 atom stereocenters. The number of carboxylic acids is 1. The van der Waals surface area contributed by atoms with E-state index in [1.807, 2.05) is 0 Å². The highest BCUT2D eigenvalue weighted by Gasteiger charge is 2.65. The Morgan fingerprint density at radius 1 is 1.33 bits per heavy atom. The Morgan fingerprint density at radius 3 is 2.20 bits per heavy atom. The van der Waals surface area contributed by atoms with Gasteiger partial charge in [-0.05, 0) is 5.41 Å². The number of carboxylic acid groups (broad SMARTS) is 1. The maximum atomic E-state index is 11.5. The molecule has 0 saturated heterocycles. The highest BCUT2D eigenvalue weighted by molar-refractivity contribution is 5.93. The van der Waals surface area contributed by atoms with Gasteiger partial charge in [-0.25, -0.2) is 0 Å². The lowest BCUT2D eigenvalue weighted by Crippen LogP contribution is -2.35. The third-order valence-electron chi connectivity index (χ3n) is 2.81. The Hall–Kier alpha value is -1.59. The first-order chi connectivity index (χ1) is 6.78. The highest BCUT2D eigenvalue weighted by atomic mass is 16.4. The lowest BCUT2D eigenvalue weighted by Gasteiger charge is -2.02. The van der Waals surface area contributed by atoms with Crippen molar-refractivity contribution in [3.8, 4) is 0 Å². The fraction of sp³-hybridized carbons (Fsp3) is 0.667. The normalized spacial score (nSPS) is 26.8. The van der Waals surface area contributed by atoms with E-state index in [-0.39, 0.29) is 6.54 Å². The summed E-state index contributed by atoms with van der Waals surface area (Å²) >= 11 is 0. The zero-order valence-electron chi connectivity index (χ0n) is 8.61. The van der Waals surface area contributed by atoms with Gasteiger partial charge in [0.25, 0.3) is 0 Å². The molecule has 0 aromatic heterocycles. The molecule has 4 N–H and O–H groups in total. The van der Waals surface area contributed by atoms with Crippen LogP contribution in [0.15, 0.2) is 0 Å². The average molecular weight is 214 g/mol. The largest absolute Gasteiger partial charge is 0.481 e. The van der Waals surface area contributed by atoms with E-state index in [1.165, 1.54) is 0 Å². The minimum Gasteiger partial charge on any atom is -0.481 e. The number of primary amides is 1. The molecular formula is C9H14N2O4. The van der Waals surface area contributed by atoms with Crippen LogP contribution in [0.4, 0.5) is 0 Å². The molecule has 1 fully saturated rings. The van der Waals surface area contributed by atoms with Gasteiger partial charge in [-0.3, -0.25) is 14.4 Å². The van der Waals surface area contributed by atoms with E-state index < -0.39 is 35.0 Å². The average Bonchev–Trinajstić information content (AvgIpc) is 2.65. The molecule has 0 aliphatic heterocycles. The molecule has 2 amide bonds. The molecule has 1 rings (SSSR count). The second-order valence-electron chi connectivity index (χ2n) is 4.30. The molecule has 0 heterocycles. The van der Waals surface area contributed by atoms with Gasteiger partial charge in [-0.2, -0.15) is 0 Å². The van der Waals surface area contributed by atoms with Gasteiger partial charge in [-0.1, -0.05) is 13.8 Å². The van der Waals surface area contributed by atoms with Gasteiger partial charge in [0.2, 0.25) is 11.8 Å². The number of aliphatic carboxylic acids is 1. The summed E-state index contributed by atoms with van der Waals surface area (Å²) in [6.07, 6.45) is 0. The van der Waals surface area contributed by atoms with Crippen molar-refractivity contribution in [2.45, 2.75) is 13.8 Å². The summed E-state index contributed by atoms with van der Waals surface area (Å²) in [4.78, 5) is 32.6. The number of hydrogen-bond acceptors (Lipinski definition) is 3. The Balaban J connectivity index is 2.56. The molecule has 0 aromatic rings. The quantitative estimate of drug-likeness (QED) is 0.554. The zero-order valence-corrected chi connectivity index (χ0v) is 8.61. The van der Waals surface area contributed by atoms with E-state index in [9.17, 15) is 14.4 Å². The van der Waals surface area contributed by atoms with E-state index in [2.05, 4.69) is 5.32 Å².